The third-order valence-electron chi connectivity index (χ3n) is 3.89. The van der Waals surface area contributed by atoms with E-state index in [1.165, 1.54) is 0 Å². The Morgan fingerprint density at radius 1 is 1.11 bits per heavy atom. The second kappa shape index (κ2) is 3.96. The largest absolute Gasteiger partial charge is 0.292 e. The highest BCUT2D eigenvalue weighted by atomic mass is 16.1. The van der Waals surface area contributed by atoms with Gasteiger partial charge in [-0.15, -0.1) is 0 Å². The molecule has 0 radical (unpaired) electrons. The molecule has 2 nitrogen and oxygen atoms in total. The van der Waals surface area contributed by atoms with Crippen LogP contribution in [0.1, 0.15) is 29.6 Å². The summed E-state index contributed by atoms with van der Waals surface area (Å²) in [7, 11) is 0. The average Bonchev–Trinajstić information content (AvgIpc) is 2.37. The Morgan fingerprint density at radius 3 is 2.50 bits per heavy atom. The van der Waals surface area contributed by atoms with E-state index in [0.717, 1.165) is 17.2 Å². The van der Waals surface area contributed by atoms with Crippen molar-refractivity contribution in [2.24, 2.45) is 5.41 Å². The first-order valence-electron chi connectivity index (χ1n) is 6.21. The molecule has 0 spiro atoms. The fourth-order valence-electron chi connectivity index (χ4n) is 2.60. The van der Waals surface area contributed by atoms with E-state index in [9.17, 15) is 10.1 Å². The summed E-state index contributed by atoms with van der Waals surface area (Å²) in [6.07, 6.45) is 2.38. The maximum Gasteiger partial charge on any atom is 0.183 e. The summed E-state index contributed by atoms with van der Waals surface area (Å²) in [5, 5.41) is 11.3. The molecule has 1 saturated carbocycles. The van der Waals surface area contributed by atoms with E-state index in [4.69, 9.17) is 0 Å². The standard InChI is InChI=1S/C16H13NO/c17-11-16(9-4-10-16)15(18)14-8-3-6-12-5-1-2-7-13(12)14/h1-3,5-8H,4,9-10H2. The molecular weight excluding hydrogens is 222 g/mol. The number of fused-ring (bicyclic) bond motifs is 1. The number of nitrogens with zero attached hydrogens (tertiary/aromatic N) is 1. The lowest BCUT2D eigenvalue weighted by molar-refractivity contribution is 0.0750. The van der Waals surface area contributed by atoms with Gasteiger partial charge in [0.15, 0.2) is 5.78 Å². The van der Waals surface area contributed by atoms with Gasteiger partial charge in [0.2, 0.25) is 0 Å². The fourth-order valence-corrected chi connectivity index (χ4v) is 2.60. The predicted molar refractivity (Wildman–Crippen MR) is 70.2 cm³/mol. The van der Waals surface area contributed by atoms with Gasteiger partial charge in [-0.25, -0.2) is 0 Å². The highest BCUT2D eigenvalue weighted by Gasteiger charge is 2.45. The lowest BCUT2D eigenvalue weighted by atomic mass is 9.65. The molecule has 1 aliphatic rings. The minimum atomic E-state index is -0.760. The minimum Gasteiger partial charge on any atom is -0.292 e. The molecule has 2 aromatic carbocycles. The van der Waals surface area contributed by atoms with Gasteiger partial charge in [0.1, 0.15) is 5.41 Å². The number of nitriles is 1. The van der Waals surface area contributed by atoms with E-state index in [1.807, 2.05) is 42.5 Å². The Bertz CT molecular complexity index is 657. The summed E-state index contributed by atoms with van der Waals surface area (Å²) >= 11 is 0. The molecule has 0 amide bonds. The van der Waals surface area contributed by atoms with Crippen LogP contribution in [-0.2, 0) is 0 Å². The quantitative estimate of drug-likeness (QED) is 0.744. The summed E-state index contributed by atoms with van der Waals surface area (Å²) < 4.78 is 0. The molecule has 0 aromatic heterocycles. The molecule has 3 rings (SSSR count). The third-order valence-corrected chi connectivity index (χ3v) is 3.89. The monoisotopic (exact) mass is 235 g/mol. The molecule has 2 aromatic rings. The van der Waals surface area contributed by atoms with Crippen molar-refractivity contribution in [2.75, 3.05) is 0 Å². The van der Waals surface area contributed by atoms with Crippen molar-refractivity contribution in [3.8, 4) is 6.07 Å². The van der Waals surface area contributed by atoms with Crippen LogP contribution in [0, 0.1) is 16.7 Å². The van der Waals surface area contributed by atoms with Crippen molar-refractivity contribution in [3.63, 3.8) is 0 Å². The van der Waals surface area contributed by atoms with Crippen molar-refractivity contribution >= 4 is 16.6 Å². The number of ketones is 1. The van der Waals surface area contributed by atoms with Crippen LogP contribution < -0.4 is 0 Å². The van der Waals surface area contributed by atoms with Crippen LogP contribution in [0.15, 0.2) is 42.5 Å². The lowest BCUT2D eigenvalue weighted by Crippen LogP contribution is -2.36. The van der Waals surface area contributed by atoms with Gasteiger partial charge in [0.25, 0.3) is 0 Å². The smallest absolute Gasteiger partial charge is 0.183 e. The van der Waals surface area contributed by atoms with E-state index in [2.05, 4.69) is 6.07 Å². The van der Waals surface area contributed by atoms with Crippen LogP contribution >= 0.6 is 0 Å². The molecule has 0 unspecified atom stereocenters. The number of hydrogen-bond acceptors (Lipinski definition) is 2. The summed E-state index contributed by atoms with van der Waals surface area (Å²) in [5.74, 6) is -0.00644. The molecule has 0 saturated heterocycles. The fraction of sp³-hybridized carbons (Fsp3) is 0.250. The summed E-state index contributed by atoms with van der Waals surface area (Å²) in [6.45, 7) is 0. The number of hydrogen-bond donors (Lipinski definition) is 0. The van der Waals surface area contributed by atoms with Gasteiger partial charge in [-0.3, -0.25) is 4.79 Å². The van der Waals surface area contributed by atoms with Gasteiger partial charge >= 0.3 is 0 Å². The maximum atomic E-state index is 12.6. The zero-order valence-electron chi connectivity index (χ0n) is 10.0. The van der Waals surface area contributed by atoms with Crippen molar-refractivity contribution in [2.45, 2.75) is 19.3 Å². The Labute approximate surface area is 106 Å². The molecule has 1 aliphatic carbocycles. The topological polar surface area (TPSA) is 40.9 Å². The van der Waals surface area contributed by atoms with Crippen LogP contribution in [-0.4, -0.2) is 5.78 Å². The molecule has 0 aliphatic heterocycles. The van der Waals surface area contributed by atoms with Gasteiger partial charge in [0, 0.05) is 5.56 Å². The first-order valence-corrected chi connectivity index (χ1v) is 6.21. The highest BCUT2D eigenvalue weighted by Crippen LogP contribution is 2.43. The van der Waals surface area contributed by atoms with Crippen molar-refractivity contribution in [1.29, 1.82) is 5.26 Å². The number of benzene rings is 2. The third kappa shape index (κ3) is 1.44. The van der Waals surface area contributed by atoms with Gasteiger partial charge in [0.05, 0.1) is 6.07 Å². The molecule has 18 heavy (non-hydrogen) atoms. The van der Waals surface area contributed by atoms with Crippen LogP contribution in [0.2, 0.25) is 0 Å². The Morgan fingerprint density at radius 2 is 1.83 bits per heavy atom. The minimum absolute atomic E-state index is 0.00644. The van der Waals surface area contributed by atoms with Crippen LogP contribution in [0.5, 0.6) is 0 Å². The number of Topliss-reactive ketones (excluding diaryl/α,β-unsaturated/α-hetero) is 1. The SMILES string of the molecule is N#CC1(C(=O)c2cccc3ccccc23)CCC1. The van der Waals surface area contributed by atoms with E-state index >= 15 is 0 Å². The Balaban J connectivity index is 2.16. The van der Waals surface area contributed by atoms with E-state index in [1.54, 1.807) is 0 Å². The second-order valence-electron chi connectivity index (χ2n) is 4.90. The molecule has 0 N–H and O–H groups in total. The van der Waals surface area contributed by atoms with Crippen LogP contribution in [0.3, 0.4) is 0 Å². The first-order chi connectivity index (χ1) is 8.77. The normalized spacial score (nSPS) is 16.8. The predicted octanol–water partition coefficient (Wildman–Crippen LogP) is 3.72. The number of carbonyl (C=O) groups excluding carboxylic acids is 1. The van der Waals surface area contributed by atoms with Crippen LogP contribution in [0.25, 0.3) is 10.8 Å². The van der Waals surface area contributed by atoms with Crippen LogP contribution in [0.4, 0.5) is 0 Å². The molecule has 1 fully saturated rings. The number of rotatable bonds is 2. The Kier molecular flexibility index (Phi) is 2.41. The van der Waals surface area contributed by atoms with Gasteiger partial charge in [-0.05, 0) is 30.0 Å². The summed E-state index contributed by atoms with van der Waals surface area (Å²) in [6, 6.07) is 15.8. The zero-order chi connectivity index (χ0) is 12.6. The second-order valence-corrected chi connectivity index (χ2v) is 4.90. The van der Waals surface area contributed by atoms with E-state index in [0.29, 0.717) is 18.4 Å². The van der Waals surface area contributed by atoms with Crippen molar-refractivity contribution in [1.82, 2.24) is 0 Å². The zero-order valence-corrected chi connectivity index (χ0v) is 10.0. The Hall–Kier alpha value is -2.14. The molecular formula is C16H13NO. The number of carbonyl (C=O) groups is 1. The lowest BCUT2D eigenvalue weighted by Gasteiger charge is -2.33. The highest BCUT2D eigenvalue weighted by molar-refractivity contribution is 6.12. The van der Waals surface area contributed by atoms with E-state index < -0.39 is 5.41 Å². The van der Waals surface area contributed by atoms with Crippen molar-refractivity contribution < 1.29 is 4.79 Å². The molecule has 88 valence electrons. The average molecular weight is 235 g/mol. The maximum absolute atomic E-state index is 12.6. The molecule has 2 heteroatoms. The van der Waals surface area contributed by atoms with Gasteiger partial charge < -0.3 is 0 Å². The van der Waals surface area contributed by atoms with Gasteiger partial charge in [-0.2, -0.15) is 5.26 Å². The summed E-state index contributed by atoms with van der Waals surface area (Å²) in [5.41, 5.74) is -0.0706. The van der Waals surface area contributed by atoms with Gasteiger partial charge in [-0.1, -0.05) is 42.5 Å². The first kappa shape index (κ1) is 11.0. The van der Waals surface area contributed by atoms with E-state index in [-0.39, 0.29) is 5.78 Å². The molecule has 0 bridgehead atoms. The summed E-state index contributed by atoms with van der Waals surface area (Å²) in [4.78, 5) is 12.6. The van der Waals surface area contributed by atoms with Crippen molar-refractivity contribution in [3.05, 3.63) is 48.0 Å². The molecule has 0 atom stereocenters. The molecule has 0 heterocycles.